The van der Waals surface area contributed by atoms with E-state index in [4.69, 9.17) is 4.74 Å². The number of hydrogen-bond donors (Lipinski definition) is 2. The number of hydrogen-bond acceptors (Lipinski definition) is 5. The number of esters is 1. The van der Waals surface area contributed by atoms with Gasteiger partial charge in [-0.2, -0.15) is 11.8 Å². The maximum absolute atomic E-state index is 12.5. The number of rotatable bonds is 6. The van der Waals surface area contributed by atoms with Crippen LogP contribution in [0.4, 0.5) is 0 Å². The number of methoxy groups -OCH3 is 1. The van der Waals surface area contributed by atoms with Gasteiger partial charge in [-0.1, -0.05) is 18.2 Å². The first-order valence-electron chi connectivity index (χ1n) is 7.06. The lowest BCUT2D eigenvalue weighted by Crippen LogP contribution is -2.42. The van der Waals surface area contributed by atoms with Crippen LogP contribution in [-0.4, -0.2) is 42.0 Å². The fourth-order valence-electron chi connectivity index (χ4n) is 2.26. The van der Waals surface area contributed by atoms with Gasteiger partial charge in [0.25, 0.3) is 5.91 Å². The van der Waals surface area contributed by atoms with Crippen LogP contribution in [0.1, 0.15) is 16.8 Å². The number of fused-ring (bicyclic) bond motifs is 1. The van der Waals surface area contributed by atoms with Crippen molar-refractivity contribution >= 4 is 34.5 Å². The normalized spacial score (nSPS) is 11.9. The van der Waals surface area contributed by atoms with E-state index in [9.17, 15) is 14.4 Å². The zero-order chi connectivity index (χ0) is 16.8. The van der Waals surface area contributed by atoms with Crippen LogP contribution >= 0.6 is 11.8 Å². The molecule has 1 amide bonds. The lowest BCUT2D eigenvalue weighted by Gasteiger charge is -2.16. The average Bonchev–Trinajstić information content (AvgIpc) is 2.56. The van der Waals surface area contributed by atoms with Gasteiger partial charge in [0, 0.05) is 17.0 Å². The van der Waals surface area contributed by atoms with Crippen molar-refractivity contribution in [3.63, 3.8) is 0 Å². The minimum absolute atomic E-state index is 0.238. The standard InChI is InChI=1S/C16H18N2O4S/c1-22-16(21)13(7-8-23-2)18-15(20)11-9-14(19)17-12-6-4-3-5-10(11)12/h3-6,9,13H,7-8H2,1-2H3,(H,17,19)(H,18,20)/t13-/m1/s1. The predicted octanol–water partition coefficient (Wildman–Crippen LogP) is 1.55. The summed E-state index contributed by atoms with van der Waals surface area (Å²) in [6.45, 7) is 0. The fourth-order valence-corrected chi connectivity index (χ4v) is 2.73. The maximum atomic E-state index is 12.5. The van der Waals surface area contributed by atoms with Crippen molar-refractivity contribution in [2.24, 2.45) is 0 Å². The van der Waals surface area contributed by atoms with Gasteiger partial charge in [0.2, 0.25) is 5.56 Å². The summed E-state index contributed by atoms with van der Waals surface area (Å²) in [6, 6.07) is 7.52. The first kappa shape index (κ1) is 17.1. The quantitative estimate of drug-likeness (QED) is 0.783. The number of nitrogens with one attached hydrogen (secondary N) is 2. The molecule has 0 fully saturated rings. The summed E-state index contributed by atoms with van der Waals surface area (Å²) in [4.78, 5) is 38.7. The Labute approximate surface area is 137 Å². The second kappa shape index (κ2) is 7.82. The van der Waals surface area contributed by atoms with Crippen LogP contribution in [-0.2, 0) is 9.53 Å². The van der Waals surface area contributed by atoms with Crippen molar-refractivity contribution in [1.29, 1.82) is 0 Å². The molecular weight excluding hydrogens is 316 g/mol. The third-order valence-corrected chi connectivity index (χ3v) is 4.04. The molecule has 1 atom stereocenters. The van der Waals surface area contributed by atoms with Crippen LogP contribution in [0.2, 0.25) is 0 Å². The minimum Gasteiger partial charge on any atom is -0.467 e. The van der Waals surface area contributed by atoms with E-state index in [1.807, 2.05) is 6.26 Å². The number of para-hydroxylation sites is 1. The molecule has 0 radical (unpaired) electrons. The van der Waals surface area contributed by atoms with Crippen LogP contribution in [0.5, 0.6) is 0 Å². The van der Waals surface area contributed by atoms with Gasteiger partial charge in [-0.05, 0) is 24.5 Å². The minimum atomic E-state index is -0.738. The molecule has 7 heteroatoms. The summed E-state index contributed by atoms with van der Waals surface area (Å²) in [5.41, 5.74) is 0.443. The molecule has 0 saturated heterocycles. The van der Waals surface area contributed by atoms with E-state index < -0.39 is 17.9 Å². The van der Waals surface area contributed by atoms with Crippen molar-refractivity contribution in [3.05, 3.63) is 46.2 Å². The molecule has 1 aromatic carbocycles. The maximum Gasteiger partial charge on any atom is 0.328 e. The number of thioether (sulfide) groups is 1. The van der Waals surface area contributed by atoms with Gasteiger partial charge in [-0.15, -0.1) is 0 Å². The topological polar surface area (TPSA) is 88.3 Å². The lowest BCUT2D eigenvalue weighted by atomic mass is 10.1. The fraction of sp³-hybridized carbons (Fsp3) is 0.312. The number of amides is 1. The van der Waals surface area contributed by atoms with Crippen LogP contribution in [0.3, 0.4) is 0 Å². The number of carbonyl (C=O) groups is 2. The third-order valence-electron chi connectivity index (χ3n) is 3.40. The highest BCUT2D eigenvalue weighted by molar-refractivity contribution is 7.98. The Bertz CT molecular complexity index is 772. The number of carbonyl (C=O) groups excluding carboxylic acids is 2. The van der Waals surface area contributed by atoms with Gasteiger partial charge in [0.05, 0.1) is 12.7 Å². The molecule has 23 heavy (non-hydrogen) atoms. The first-order valence-corrected chi connectivity index (χ1v) is 8.46. The largest absolute Gasteiger partial charge is 0.467 e. The molecule has 1 aromatic heterocycles. The smallest absolute Gasteiger partial charge is 0.328 e. The zero-order valence-electron chi connectivity index (χ0n) is 12.9. The summed E-state index contributed by atoms with van der Waals surface area (Å²) in [7, 11) is 1.28. The van der Waals surface area contributed by atoms with Crippen molar-refractivity contribution in [2.45, 2.75) is 12.5 Å². The predicted molar refractivity (Wildman–Crippen MR) is 90.8 cm³/mol. The number of ether oxygens (including phenoxy) is 1. The first-order chi connectivity index (χ1) is 11.1. The molecule has 1 heterocycles. The van der Waals surface area contributed by atoms with Crippen molar-refractivity contribution in [3.8, 4) is 0 Å². The molecule has 0 aliphatic carbocycles. The van der Waals surface area contributed by atoms with Gasteiger partial charge in [0.1, 0.15) is 6.04 Å². The molecule has 0 bridgehead atoms. The number of aromatic nitrogens is 1. The van der Waals surface area contributed by atoms with E-state index in [2.05, 4.69) is 10.3 Å². The summed E-state index contributed by atoms with van der Waals surface area (Å²) in [5, 5.41) is 3.28. The van der Waals surface area contributed by atoms with Gasteiger partial charge in [-0.3, -0.25) is 9.59 Å². The Morgan fingerprint density at radius 1 is 1.35 bits per heavy atom. The van der Waals surface area contributed by atoms with Gasteiger partial charge in [0.15, 0.2) is 0 Å². The molecule has 2 aromatic rings. The van der Waals surface area contributed by atoms with Crippen LogP contribution in [0, 0.1) is 0 Å². The molecule has 2 rings (SSSR count). The molecule has 122 valence electrons. The monoisotopic (exact) mass is 334 g/mol. The Kier molecular flexibility index (Phi) is 5.81. The number of benzene rings is 1. The van der Waals surface area contributed by atoms with Gasteiger partial charge >= 0.3 is 5.97 Å². The van der Waals surface area contributed by atoms with E-state index in [1.54, 1.807) is 36.0 Å². The average molecular weight is 334 g/mol. The number of H-pyrrole nitrogens is 1. The molecule has 2 N–H and O–H groups in total. The van der Waals surface area contributed by atoms with Gasteiger partial charge < -0.3 is 15.0 Å². The Morgan fingerprint density at radius 2 is 2.09 bits per heavy atom. The van der Waals surface area contributed by atoms with E-state index in [1.165, 1.54) is 13.2 Å². The van der Waals surface area contributed by atoms with E-state index >= 15 is 0 Å². The SMILES string of the molecule is COC(=O)[C@@H](CCSC)NC(=O)c1cc(=O)[nH]c2ccccc12. The Morgan fingerprint density at radius 3 is 2.78 bits per heavy atom. The third kappa shape index (κ3) is 4.13. The molecule has 0 unspecified atom stereocenters. The lowest BCUT2D eigenvalue weighted by molar-refractivity contribution is -0.142. The van der Waals surface area contributed by atoms with Crippen molar-refractivity contribution < 1.29 is 14.3 Å². The molecule has 0 aliphatic heterocycles. The van der Waals surface area contributed by atoms with E-state index in [0.717, 1.165) is 0 Å². The molecule has 0 spiro atoms. The van der Waals surface area contributed by atoms with Crippen LogP contribution in [0.25, 0.3) is 10.9 Å². The van der Waals surface area contributed by atoms with E-state index in [0.29, 0.717) is 23.1 Å². The van der Waals surface area contributed by atoms with E-state index in [-0.39, 0.29) is 11.1 Å². The molecular formula is C16H18N2O4S. The number of aromatic amines is 1. The highest BCUT2D eigenvalue weighted by Gasteiger charge is 2.22. The summed E-state index contributed by atoms with van der Waals surface area (Å²) < 4.78 is 4.73. The Balaban J connectivity index is 2.32. The second-order valence-electron chi connectivity index (χ2n) is 4.92. The van der Waals surface area contributed by atoms with Crippen LogP contribution in [0.15, 0.2) is 35.1 Å². The van der Waals surface area contributed by atoms with Gasteiger partial charge in [-0.25, -0.2) is 4.79 Å². The highest BCUT2D eigenvalue weighted by Crippen LogP contribution is 2.15. The summed E-state index contributed by atoms with van der Waals surface area (Å²) >= 11 is 1.57. The molecule has 0 saturated carbocycles. The van der Waals surface area contributed by atoms with Crippen molar-refractivity contribution in [2.75, 3.05) is 19.1 Å². The molecule has 0 aliphatic rings. The molecule has 6 nitrogen and oxygen atoms in total. The number of pyridine rings is 1. The summed E-state index contributed by atoms with van der Waals surface area (Å²) in [6.07, 6.45) is 2.38. The van der Waals surface area contributed by atoms with Crippen molar-refractivity contribution in [1.82, 2.24) is 10.3 Å². The zero-order valence-corrected chi connectivity index (χ0v) is 13.7. The van der Waals surface area contributed by atoms with Crippen LogP contribution < -0.4 is 10.9 Å². The highest BCUT2D eigenvalue weighted by atomic mass is 32.2. The summed E-state index contributed by atoms with van der Waals surface area (Å²) in [5.74, 6) is -0.263. The second-order valence-corrected chi connectivity index (χ2v) is 5.91. The Hall–Kier alpha value is -2.28.